The molecule has 130 valence electrons. The first-order valence-corrected chi connectivity index (χ1v) is 8.98. The number of nitriles is 1. The van der Waals surface area contributed by atoms with E-state index in [-0.39, 0.29) is 16.2 Å². The lowest BCUT2D eigenvalue weighted by Gasteiger charge is -2.07. The van der Waals surface area contributed by atoms with Crippen LogP contribution in [0.4, 0.5) is 5.69 Å². The number of pyridine rings is 1. The molecule has 0 aliphatic carbocycles. The van der Waals surface area contributed by atoms with Crippen molar-refractivity contribution in [2.24, 2.45) is 0 Å². The predicted molar refractivity (Wildman–Crippen MR) is 95.7 cm³/mol. The minimum atomic E-state index is -3.48. The molecule has 1 N–H and O–H groups in total. The molecule has 1 aromatic heterocycles. The quantitative estimate of drug-likeness (QED) is 0.656. The Labute approximate surface area is 150 Å². The van der Waals surface area contributed by atoms with Gasteiger partial charge in [0.15, 0.2) is 0 Å². The molecule has 2 heterocycles. The van der Waals surface area contributed by atoms with Gasteiger partial charge in [-0.25, -0.2) is 13.4 Å². The summed E-state index contributed by atoms with van der Waals surface area (Å²) in [7, 11) is -1.99. The second-order valence-electron chi connectivity index (χ2n) is 5.36. The summed E-state index contributed by atoms with van der Waals surface area (Å²) in [6.45, 7) is 0. The molecule has 1 aliphatic rings. The van der Waals surface area contributed by atoms with E-state index >= 15 is 0 Å². The lowest BCUT2D eigenvalue weighted by atomic mass is 10.1. The number of anilines is 1. The summed E-state index contributed by atoms with van der Waals surface area (Å²) < 4.78 is 28.7. The van der Waals surface area contributed by atoms with Crippen LogP contribution in [0.2, 0.25) is 0 Å². The molecular weight excluding hydrogens is 354 g/mol. The van der Waals surface area contributed by atoms with Gasteiger partial charge in [-0.15, -0.1) is 0 Å². The molecule has 0 atom stereocenters. The van der Waals surface area contributed by atoms with Crippen molar-refractivity contribution >= 4 is 33.6 Å². The number of carbonyl (C=O) groups excluding carboxylic acids is 1. The van der Waals surface area contributed by atoms with E-state index in [4.69, 9.17) is 4.74 Å². The SMILES string of the molecule is COc1ccc(/C=C(\C#N)C(=O)Nc2ccc3c(c2)S(=O)(=O)C=C3)cn1. The number of benzene rings is 1. The molecule has 0 spiro atoms. The molecule has 8 heteroatoms. The van der Waals surface area contributed by atoms with Crippen LogP contribution in [0, 0.1) is 11.3 Å². The molecular formula is C18H13N3O4S. The molecule has 0 bridgehead atoms. The third-order valence-electron chi connectivity index (χ3n) is 3.65. The Morgan fingerprint density at radius 2 is 2.12 bits per heavy atom. The van der Waals surface area contributed by atoms with Crippen molar-refractivity contribution in [3.05, 3.63) is 58.6 Å². The summed E-state index contributed by atoms with van der Waals surface area (Å²) in [6, 6.07) is 9.63. The Bertz CT molecular complexity index is 1080. The molecule has 1 amide bonds. The fraction of sp³-hybridized carbons (Fsp3) is 0.0556. The van der Waals surface area contributed by atoms with Crippen molar-refractivity contribution in [1.82, 2.24) is 4.98 Å². The van der Waals surface area contributed by atoms with Crippen molar-refractivity contribution in [3.8, 4) is 11.9 Å². The standard InChI is InChI=1S/C18H13N3O4S/c1-25-17-5-2-12(11-20-17)8-14(10-19)18(22)21-15-4-3-13-6-7-26(23,24)16(13)9-15/h2-9,11H,1H3,(H,21,22)/b14-8+. The van der Waals surface area contributed by atoms with Crippen molar-refractivity contribution in [2.75, 3.05) is 12.4 Å². The number of aromatic nitrogens is 1. The van der Waals surface area contributed by atoms with E-state index in [1.165, 1.54) is 31.5 Å². The van der Waals surface area contributed by atoms with Gasteiger partial charge in [0.1, 0.15) is 11.6 Å². The molecule has 26 heavy (non-hydrogen) atoms. The van der Waals surface area contributed by atoms with Gasteiger partial charge in [0.25, 0.3) is 5.91 Å². The third-order valence-corrected chi connectivity index (χ3v) is 5.11. The number of hydrogen-bond donors (Lipinski definition) is 1. The van der Waals surface area contributed by atoms with Crippen LogP contribution in [-0.4, -0.2) is 26.4 Å². The molecule has 0 radical (unpaired) electrons. The van der Waals surface area contributed by atoms with Crippen molar-refractivity contribution in [1.29, 1.82) is 5.26 Å². The molecule has 0 unspecified atom stereocenters. The van der Waals surface area contributed by atoms with Gasteiger partial charge in [-0.05, 0) is 41.5 Å². The van der Waals surface area contributed by atoms with Crippen molar-refractivity contribution < 1.29 is 17.9 Å². The van der Waals surface area contributed by atoms with Gasteiger partial charge in [-0.3, -0.25) is 4.79 Å². The van der Waals surface area contributed by atoms with Gasteiger partial charge in [0.2, 0.25) is 15.7 Å². The first kappa shape index (κ1) is 17.4. The Balaban J connectivity index is 1.82. The first-order chi connectivity index (χ1) is 12.4. The molecule has 0 fully saturated rings. The second-order valence-corrected chi connectivity index (χ2v) is 7.16. The summed E-state index contributed by atoms with van der Waals surface area (Å²) in [6.07, 6.45) is 4.35. The van der Waals surface area contributed by atoms with Gasteiger partial charge < -0.3 is 10.1 Å². The predicted octanol–water partition coefficient (Wildman–Crippen LogP) is 2.39. The van der Waals surface area contributed by atoms with E-state index in [1.54, 1.807) is 24.3 Å². The highest BCUT2D eigenvalue weighted by Gasteiger charge is 2.21. The zero-order valence-corrected chi connectivity index (χ0v) is 14.4. The van der Waals surface area contributed by atoms with Crippen LogP contribution in [0.3, 0.4) is 0 Å². The van der Waals surface area contributed by atoms with Gasteiger partial charge >= 0.3 is 0 Å². The number of nitrogens with one attached hydrogen (secondary N) is 1. The minimum absolute atomic E-state index is 0.122. The maximum Gasteiger partial charge on any atom is 0.266 e. The number of sulfone groups is 1. The van der Waals surface area contributed by atoms with E-state index in [2.05, 4.69) is 10.3 Å². The lowest BCUT2D eigenvalue weighted by Crippen LogP contribution is -2.13. The fourth-order valence-electron chi connectivity index (χ4n) is 2.34. The van der Waals surface area contributed by atoms with E-state index in [0.717, 1.165) is 5.41 Å². The Morgan fingerprint density at radius 1 is 1.31 bits per heavy atom. The Morgan fingerprint density at radius 3 is 2.77 bits per heavy atom. The first-order valence-electron chi connectivity index (χ1n) is 7.43. The molecule has 3 rings (SSSR count). The van der Waals surface area contributed by atoms with Crippen LogP contribution in [-0.2, 0) is 14.6 Å². The van der Waals surface area contributed by atoms with Gasteiger partial charge in [-0.2, -0.15) is 5.26 Å². The normalized spacial score (nSPS) is 14.4. The molecule has 0 saturated carbocycles. The number of ether oxygens (including phenoxy) is 1. The number of carbonyl (C=O) groups is 1. The van der Waals surface area contributed by atoms with Gasteiger partial charge in [0.05, 0.1) is 12.0 Å². The van der Waals surface area contributed by atoms with E-state index < -0.39 is 15.7 Å². The van der Waals surface area contributed by atoms with Crippen molar-refractivity contribution in [3.63, 3.8) is 0 Å². The summed E-state index contributed by atoms with van der Waals surface area (Å²) in [5.41, 5.74) is 1.26. The van der Waals surface area contributed by atoms with E-state index in [9.17, 15) is 18.5 Å². The van der Waals surface area contributed by atoms with Crippen LogP contribution in [0.15, 0.2) is 52.4 Å². The summed E-state index contributed by atoms with van der Waals surface area (Å²) in [5.74, 6) is -0.232. The van der Waals surface area contributed by atoms with E-state index in [1.807, 2.05) is 6.07 Å². The Hall–Kier alpha value is -3.44. The van der Waals surface area contributed by atoms with Crippen LogP contribution < -0.4 is 10.1 Å². The van der Waals surface area contributed by atoms with Gasteiger partial charge in [-0.1, -0.05) is 6.07 Å². The third kappa shape index (κ3) is 3.48. The number of methoxy groups -OCH3 is 1. The average molecular weight is 367 g/mol. The lowest BCUT2D eigenvalue weighted by molar-refractivity contribution is -0.112. The van der Waals surface area contributed by atoms with Crippen LogP contribution in [0.1, 0.15) is 11.1 Å². The summed E-state index contributed by atoms with van der Waals surface area (Å²) in [4.78, 5) is 16.4. The van der Waals surface area contributed by atoms with Crippen LogP contribution in [0.25, 0.3) is 12.2 Å². The number of fused-ring (bicyclic) bond motifs is 1. The molecule has 0 saturated heterocycles. The van der Waals surface area contributed by atoms with Crippen LogP contribution >= 0.6 is 0 Å². The van der Waals surface area contributed by atoms with Gasteiger partial charge in [0, 0.05) is 23.4 Å². The molecule has 7 nitrogen and oxygen atoms in total. The zero-order valence-electron chi connectivity index (χ0n) is 13.6. The highest BCUT2D eigenvalue weighted by atomic mass is 32.2. The monoisotopic (exact) mass is 367 g/mol. The maximum atomic E-state index is 12.3. The minimum Gasteiger partial charge on any atom is -0.481 e. The summed E-state index contributed by atoms with van der Waals surface area (Å²) >= 11 is 0. The number of rotatable bonds is 4. The van der Waals surface area contributed by atoms with Crippen LogP contribution in [0.5, 0.6) is 5.88 Å². The highest BCUT2D eigenvalue weighted by Crippen LogP contribution is 2.29. The largest absolute Gasteiger partial charge is 0.481 e. The average Bonchev–Trinajstić information content (AvgIpc) is 2.94. The number of nitrogens with zero attached hydrogens (tertiary/aromatic N) is 2. The summed E-state index contributed by atoms with van der Waals surface area (Å²) in [5, 5.41) is 12.9. The zero-order chi connectivity index (χ0) is 18.7. The smallest absolute Gasteiger partial charge is 0.266 e. The maximum absolute atomic E-state index is 12.3. The van der Waals surface area contributed by atoms with Crippen molar-refractivity contribution in [2.45, 2.75) is 4.90 Å². The number of amides is 1. The van der Waals surface area contributed by atoms with E-state index in [0.29, 0.717) is 17.0 Å². The molecule has 1 aliphatic heterocycles. The highest BCUT2D eigenvalue weighted by molar-refractivity contribution is 7.94. The molecule has 1 aromatic carbocycles. The fourth-order valence-corrected chi connectivity index (χ4v) is 3.57. The molecule has 2 aromatic rings. The topological polar surface area (TPSA) is 109 Å². The Kier molecular flexibility index (Phi) is 4.56. The second kappa shape index (κ2) is 6.82. The number of hydrogen-bond acceptors (Lipinski definition) is 6.